The van der Waals surface area contributed by atoms with Crippen molar-refractivity contribution >= 4 is 15.9 Å². The number of pyridine rings is 1. The third-order valence-electron chi connectivity index (χ3n) is 3.84. The summed E-state index contributed by atoms with van der Waals surface area (Å²) in [6.07, 6.45) is 6.89. The summed E-state index contributed by atoms with van der Waals surface area (Å²) in [6.45, 7) is 3.57. The minimum absolute atomic E-state index is 0.592. The van der Waals surface area contributed by atoms with Crippen LogP contribution >= 0.6 is 15.9 Å². The summed E-state index contributed by atoms with van der Waals surface area (Å²) in [5, 5.41) is 0. The fraction of sp³-hybridized carbons (Fsp3) is 0.643. The molecule has 100 valence electrons. The summed E-state index contributed by atoms with van der Waals surface area (Å²) in [5.74, 6) is 1.93. The molecule has 1 aromatic rings. The maximum absolute atomic E-state index is 5.83. The van der Waals surface area contributed by atoms with E-state index in [1.165, 1.54) is 25.7 Å². The van der Waals surface area contributed by atoms with Crippen molar-refractivity contribution in [1.29, 1.82) is 0 Å². The van der Waals surface area contributed by atoms with E-state index in [9.17, 15) is 0 Å². The third kappa shape index (κ3) is 3.45. The van der Waals surface area contributed by atoms with Gasteiger partial charge in [0.15, 0.2) is 0 Å². The minimum atomic E-state index is 0.592. The standard InChI is InChI=1S/C14H21BrN2O/c1-10-6-14(17-8-13(10)15)18-9-12-5-3-2-4-11(12)7-16/h6,8,11-12H,2-5,7,9,16H2,1H3. The molecule has 1 aromatic heterocycles. The molecule has 0 amide bonds. The highest BCUT2D eigenvalue weighted by Gasteiger charge is 2.24. The number of nitrogens with two attached hydrogens (primary N) is 1. The highest BCUT2D eigenvalue weighted by Crippen LogP contribution is 2.30. The van der Waals surface area contributed by atoms with Crippen LogP contribution in [0.15, 0.2) is 16.7 Å². The average Bonchev–Trinajstić information content (AvgIpc) is 2.40. The van der Waals surface area contributed by atoms with E-state index in [2.05, 4.69) is 20.9 Å². The summed E-state index contributed by atoms with van der Waals surface area (Å²) in [6, 6.07) is 1.98. The Morgan fingerprint density at radius 2 is 2.11 bits per heavy atom. The zero-order valence-corrected chi connectivity index (χ0v) is 12.4. The number of nitrogens with zero attached hydrogens (tertiary/aromatic N) is 1. The van der Waals surface area contributed by atoms with Gasteiger partial charge in [-0.25, -0.2) is 4.98 Å². The molecule has 1 fully saturated rings. The lowest BCUT2D eigenvalue weighted by Gasteiger charge is -2.30. The van der Waals surface area contributed by atoms with Crippen LogP contribution in [0.5, 0.6) is 5.88 Å². The molecule has 0 spiro atoms. The summed E-state index contributed by atoms with van der Waals surface area (Å²) in [4.78, 5) is 4.27. The molecule has 3 nitrogen and oxygen atoms in total. The molecule has 0 bridgehead atoms. The van der Waals surface area contributed by atoms with E-state index in [1.807, 2.05) is 13.0 Å². The summed E-state index contributed by atoms with van der Waals surface area (Å²) in [7, 11) is 0. The van der Waals surface area contributed by atoms with E-state index in [4.69, 9.17) is 10.5 Å². The molecule has 1 aliphatic carbocycles. The van der Waals surface area contributed by atoms with Crippen LogP contribution in [0.2, 0.25) is 0 Å². The first-order valence-corrected chi connectivity index (χ1v) is 7.45. The fourth-order valence-electron chi connectivity index (χ4n) is 2.60. The van der Waals surface area contributed by atoms with Crippen LogP contribution in [0, 0.1) is 18.8 Å². The Labute approximate surface area is 117 Å². The summed E-state index contributed by atoms with van der Waals surface area (Å²) >= 11 is 3.44. The highest BCUT2D eigenvalue weighted by atomic mass is 79.9. The van der Waals surface area contributed by atoms with Gasteiger partial charge in [-0.05, 0) is 59.6 Å². The van der Waals surface area contributed by atoms with E-state index >= 15 is 0 Å². The Morgan fingerprint density at radius 3 is 2.78 bits per heavy atom. The number of rotatable bonds is 4. The van der Waals surface area contributed by atoms with Crippen LogP contribution in [0.4, 0.5) is 0 Å². The number of ether oxygens (including phenoxy) is 1. The highest BCUT2D eigenvalue weighted by molar-refractivity contribution is 9.10. The molecule has 0 radical (unpaired) electrons. The predicted octanol–water partition coefficient (Wildman–Crippen LogP) is 3.30. The van der Waals surface area contributed by atoms with Crippen LogP contribution in [0.1, 0.15) is 31.2 Å². The van der Waals surface area contributed by atoms with Crippen LogP contribution in [0.3, 0.4) is 0 Å². The van der Waals surface area contributed by atoms with E-state index in [0.29, 0.717) is 11.8 Å². The monoisotopic (exact) mass is 312 g/mol. The first-order chi connectivity index (χ1) is 8.70. The molecule has 1 saturated carbocycles. The number of halogens is 1. The van der Waals surface area contributed by atoms with Crippen molar-refractivity contribution in [1.82, 2.24) is 4.98 Å². The van der Waals surface area contributed by atoms with Crippen molar-refractivity contribution in [2.24, 2.45) is 17.6 Å². The average molecular weight is 313 g/mol. The van der Waals surface area contributed by atoms with Crippen LogP contribution < -0.4 is 10.5 Å². The van der Waals surface area contributed by atoms with Gasteiger partial charge in [0.2, 0.25) is 5.88 Å². The van der Waals surface area contributed by atoms with Gasteiger partial charge in [-0.3, -0.25) is 0 Å². The van der Waals surface area contributed by atoms with Gasteiger partial charge in [0.1, 0.15) is 0 Å². The second-order valence-electron chi connectivity index (χ2n) is 5.12. The van der Waals surface area contributed by atoms with Crippen LogP contribution in [-0.2, 0) is 0 Å². The third-order valence-corrected chi connectivity index (χ3v) is 4.67. The van der Waals surface area contributed by atoms with Gasteiger partial charge in [0, 0.05) is 16.7 Å². The number of aryl methyl sites for hydroxylation is 1. The number of aromatic nitrogens is 1. The SMILES string of the molecule is Cc1cc(OCC2CCCCC2CN)ncc1Br. The van der Waals surface area contributed by atoms with Crippen molar-refractivity contribution in [3.05, 3.63) is 22.3 Å². The van der Waals surface area contributed by atoms with E-state index in [1.54, 1.807) is 6.20 Å². The summed E-state index contributed by atoms with van der Waals surface area (Å²) < 4.78 is 6.85. The molecular weight excluding hydrogens is 292 g/mol. The molecule has 0 aliphatic heterocycles. The zero-order valence-electron chi connectivity index (χ0n) is 10.9. The molecule has 18 heavy (non-hydrogen) atoms. The minimum Gasteiger partial charge on any atom is -0.477 e. The quantitative estimate of drug-likeness (QED) is 0.928. The normalized spacial score (nSPS) is 23.9. The maximum Gasteiger partial charge on any atom is 0.213 e. The molecule has 0 saturated heterocycles. The molecule has 1 aliphatic rings. The second-order valence-corrected chi connectivity index (χ2v) is 5.98. The van der Waals surface area contributed by atoms with Gasteiger partial charge in [0.25, 0.3) is 0 Å². The van der Waals surface area contributed by atoms with Crippen molar-refractivity contribution < 1.29 is 4.74 Å². The number of hydrogen-bond donors (Lipinski definition) is 1. The Kier molecular flexibility index (Phi) is 5.01. The smallest absolute Gasteiger partial charge is 0.213 e. The van der Waals surface area contributed by atoms with Crippen molar-refractivity contribution in [2.75, 3.05) is 13.2 Å². The van der Waals surface area contributed by atoms with Gasteiger partial charge in [-0.15, -0.1) is 0 Å². The first-order valence-electron chi connectivity index (χ1n) is 6.65. The second kappa shape index (κ2) is 6.53. The van der Waals surface area contributed by atoms with Crippen molar-refractivity contribution in [3.8, 4) is 5.88 Å². The molecule has 0 aromatic carbocycles. The molecule has 2 atom stereocenters. The van der Waals surface area contributed by atoms with Crippen molar-refractivity contribution in [3.63, 3.8) is 0 Å². The van der Waals surface area contributed by atoms with E-state index in [0.717, 1.165) is 29.1 Å². The van der Waals surface area contributed by atoms with Crippen LogP contribution in [-0.4, -0.2) is 18.1 Å². The predicted molar refractivity (Wildman–Crippen MR) is 76.7 cm³/mol. The Balaban J connectivity index is 1.91. The topological polar surface area (TPSA) is 48.1 Å². The number of hydrogen-bond acceptors (Lipinski definition) is 3. The Bertz CT molecular complexity index is 397. The lowest BCUT2D eigenvalue weighted by molar-refractivity contribution is 0.149. The fourth-order valence-corrected chi connectivity index (χ4v) is 2.82. The Hall–Kier alpha value is -0.610. The van der Waals surface area contributed by atoms with Gasteiger partial charge >= 0.3 is 0 Å². The molecule has 2 unspecified atom stereocenters. The van der Waals surface area contributed by atoms with Gasteiger partial charge in [0.05, 0.1) is 6.61 Å². The molecule has 2 N–H and O–H groups in total. The molecule has 1 heterocycles. The maximum atomic E-state index is 5.83. The largest absolute Gasteiger partial charge is 0.477 e. The first kappa shape index (κ1) is 13.8. The van der Waals surface area contributed by atoms with Gasteiger partial charge in [-0.2, -0.15) is 0 Å². The van der Waals surface area contributed by atoms with Crippen molar-refractivity contribution in [2.45, 2.75) is 32.6 Å². The zero-order chi connectivity index (χ0) is 13.0. The van der Waals surface area contributed by atoms with Gasteiger partial charge in [-0.1, -0.05) is 12.8 Å². The van der Waals surface area contributed by atoms with Gasteiger partial charge < -0.3 is 10.5 Å². The Morgan fingerprint density at radius 1 is 1.39 bits per heavy atom. The molecular formula is C14H21BrN2O. The van der Waals surface area contributed by atoms with E-state index in [-0.39, 0.29) is 0 Å². The lowest BCUT2D eigenvalue weighted by atomic mass is 9.80. The lowest BCUT2D eigenvalue weighted by Crippen LogP contribution is -2.30. The van der Waals surface area contributed by atoms with E-state index < -0.39 is 0 Å². The molecule has 2 rings (SSSR count). The molecule has 4 heteroatoms. The summed E-state index contributed by atoms with van der Waals surface area (Å²) in [5.41, 5.74) is 6.98. The van der Waals surface area contributed by atoms with Crippen LogP contribution in [0.25, 0.3) is 0 Å².